The van der Waals surface area contributed by atoms with Crippen molar-refractivity contribution < 1.29 is 24.2 Å². The van der Waals surface area contributed by atoms with E-state index in [1.54, 1.807) is 24.0 Å². The zero-order chi connectivity index (χ0) is 15.7. The Hall–Kier alpha value is -2.24. The van der Waals surface area contributed by atoms with Crippen LogP contribution in [-0.4, -0.2) is 46.7 Å². The Kier molecular flexibility index (Phi) is 3.92. The number of aliphatic carboxylic acids is 1. The number of carbonyl (C=O) groups excluding carboxylic acids is 1. The fourth-order valence-electron chi connectivity index (χ4n) is 3.09. The first kappa shape index (κ1) is 14.7. The predicted molar refractivity (Wildman–Crippen MR) is 77.9 cm³/mol. The highest BCUT2D eigenvalue weighted by atomic mass is 16.6. The van der Waals surface area contributed by atoms with Crippen LogP contribution in [0.3, 0.4) is 0 Å². The maximum Gasteiger partial charge on any atom is 0.305 e. The van der Waals surface area contributed by atoms with Crippen molar-refractivity contribution in [3.8, 4) is 11.5 Å². The van der Waals surface area contributed by atoms with Crippen LogP contribution in [0.2, 0.25) is 0 Å². The number of hydrogen-bond donors (Lipinski definition) is 1. The summed E-state index contributed by atoms with van der Waals surface area (Å²) in [5, 5.41) is 8.97. The molecule has 2 aliphatic heterocycles. The third kappa shape index (κ3) is 2.73. The van der Waals surface area contributed by atoms with Crippen LogP contribution in [0.15, 0.2) is 24.3 Å². The van der Waals surface area contributed by atoms with Crippen molar-refractivity contribution >= 4 is 11.9 Å². The lowest BCUT2D eigenvalue weighted by Crippen LogP contribution is -2.52. The predicted octanol–water partition coefficient (Wildman–Crippen LogP) is 1.68. The van der Waals surface area contributed by atoms with E-state index in [0.29, 0.717) is 18.0 Å². The van der Waals surface area contributed by atoms with Crippen molar-refractivity contribution in [2.24, 2.45) is 0 Å². The summed E-state index contributed by atoms with van der Waals surface area (Å²) < 4.78 is 11.6. The monoisotopic (exact) mass is 305 g/mol. The lowest BCUT2D eigenvalue weighted by molar-refractivity contribution is -0.147. The smallest absolute Gasteiger partial charge is 0.305 e. The highest BCUT2D eigenvalue weighted by molar-refractivity contribution is 5.83. The molecule has 1 aromatic rings. The molecule has 1 amide bonds. The fraction of sp³-hybridized carbons (Fsp3) is 0.500. The molecule has 1 N–H and O–H groups in total. The van der Waals surface area contributed by atoms with Crippen molar-refractivity contribution in [1.82, 2.24) is 4.90 Å². The molecule has 1 aromatic carbocycles. The number of hydrogen-bond acceptors (Lipinski definition) is 4. The quantitative estimate of drug-likeness (QED) is 0.919. The van der Waals surface area contributed by atoms with E-state index in [-0.39, 0.29) is 18.4 Å². The van der Waals surface area contributed by atoms with E-state index in [4.69, 9.17) is 14.6 Å². The zero-order valence-electron chi connectivity index (χ0n) is 12.4. The largest absolute Gasteiger partial charge is 0.482 e. The number of para-hydroxylation sites is 2. The molecule has 1 fully saturated rings. The maximum atomic E-state index is 12.7. The number of fused-ring (bicyclic) bond motifs is 1. The van der Waals surface area contributed by atoms with Crippen LogP contribution in [0.1, 0.15) is 26.2 Å². The standard InChI is InChI=1S/C16H19NO5/c1-10-15(22-13-7-3-2-6-12(13)21-10)16(20)17-8-4-5-11(17)9-14(18)19/h2-3,6-7,10-11,15H,4-5,8-9H2,1H3,(H,18,19). The molecule has 2 heterocycles. The minimum Gasteiger partial charge on any atom is -0.482 e. The SMILES string of the molecule is CC1Oc2ccccc2OC1C(=O)N1CCCC1CC(=O)O. The van der Waals surface area contributed by atoms with E-state index in [0.717, 1.165) is 12.8 Å². The minimum atomic E-state index is -0.885. The first-order valence-electron chi connectivity index (χ1n) is 7.51. The average Bonchev–Trinajstić information content (AvgIpc) is 2.93. The molecule has 0 radical (unpaired) electrons. The summed E-state index contributed by atoms with van der Waals surface area (Å²) in [6.07, 6.45) is 0.376. The molecule has 3 rings (SSSR count). The van der Waals surface area contributed by atoms with Crippen LogP contribution in [0.5, 0.6) is 11.5 Å². The highest BCUT2D eigenvalue weighted by Gasteiger charge is 2.40. The molecule has 0 aliphatic carbocycles. The van der Waals surface area contributed by atoms with E-state index in [2.05, 4.69) is 0 Å². The van der Waals surface area contributed by atoms with Gasteiger partial charge in [0.05, 0.1) is 6.42 Å². The molecule has 22 heavy (non-hydrogen) atoms. The van der Waals surface area contributed by atoms with Gasteiger partial charge in [-0.1, -0.05) is 12.1 Å². The lowest BCUT2D eigenvalue weighted by Gasteiger charge is -2.35. The second-order valence-corrected chi connectivity index (χ2v) is 5.73. The van der Waals surface area contributed by atoms with Gasteiger partial charge in [-0.25, -0.2) is 0 Å². The van der Waals surface area contributed by atoms with Crippen molar-refractivity contribution in [3.05, 3.63) is 24.3 Å². The highest BCUT2D eigenvalue weighted by Crippen LogP contribution is 2.34. The normalized spacial score (nSPS) is 26.8. The van der Waals surface area contributed by atoms with Crippen molar-refractivity contribution in [3.63, 3.8) is 0 Å². The summed E-state index contributed by atoms with van der Waals surface area (Å²) in [6.45, 7) is 2.37. The number of benzene rings is 1. The first-order chi connectivity index (χ1) is 10.6. The third-order valence-electron chi connectivity index (χ3n) is 4.16. The summed E-state index contributed by atoms with van der Waals surface area (Å²) in [6, 6.07) is 6.98. The van der Waals surface area contributed by atoms with Crippen molar-refractivity contribution in [2.75, 3.05) is 6.54 Å². The Bertz CT molecular complexity index is 588. The van der Waals surface area contributed by atoms with Gasteiger partial charge in [0, 0.05) is 12.6 Å². The van der Waals surface area contributed by atoms with Crippen LogP contribution in [0.4, 0.5) is 0 Å². The molecule has 3 unspecified atom stereocenters. The number of likely N-dealkylation sites (tertiary alicyclic amines) is 1. The van der Waals surface area contributed by atoms with E-state index in [9.17, 15) is 9.59 Å². The molecule has 118 valence electrons. The number of amides is 1. The fourth-order valence-corrected chi connectivity index (χ4v) is 3.09. The molecular formula is C16H19NO5. The maximum absolute atomic E-state index is 12.7. The Morgan fingerprint density at radius 3 is 2.64 bits per heavy atom. The first-order valence-corrected chi connectivity index (χ1v) is 7.51. The van der Waals surface area contributed by atoms with Crippen LogP contribution in [0.25, 0.3) is 0 Å². The molecule has 0 aromatic heterocycles. The van der Waals surface area contributed by atoms with Crippen LogP contribution in [-0.2, 0) is 9.59 Å². The number of ether oxygens (including phenoxy) is 2. The van der Waals surface area contributed by atoms with Gasteiger partial charge in [0.15, 0.2) is 11.5 Å². The van der Waals surface area contributed by atoms with Gasteiger partial charge in [-0.15, -0.1) is 0 Å². The number of carboxylic acids is 1. The van der Waals surface area contributed by atoms with Gasteiger partial charge >= 0.3 is 5.97 Å². The van der Waals surface area contributed by atoms with Gasteiger partial charge in [0.25, 0.3) is 5.91 Å². The summed E-state index contributed by atoms with van der Waals surface area (Å²) in [5.41, 5.74) is 0. The molecule has 0 bridgehead atoms. The third-order valence-corrected chi connectivity index (χ3v) is 4.16. The van der Waals surface area contributed by atoms with Gasteiger partial charge in [0.1, 0.15) is 6.10 Å². The zero-order valence-corrected chi connectivity index (χ0v) is 12.4. The van der Waals surface area contributed by atoms with Crippen molar-refractivity contribution in [1.29, 1.82) is 0 Å². The summed E-state index contributed by atoms with van der Waals surface area (Å²) in [4.78, 5) is 25.3. The van der Waals surface area contributed by atoms with E-state index >= 15 is 0 Å². The van der Waals surface area contributed by atoms with Gasteiger partial charge < -0.3 is 19.5 Å². The second kappa shape index (κ2) is 5.87. The minimum absolute atomic E-state index is 0.0235. The molecule has 3 atom stereocenters. The Morgan fingerprint density at radius 2 is 1.95 bits per heavy atom. The summed E-state index contributed by atoms with van der Waals surface area (Å²) in [5.74, 6) is 0.102. The lowest BCUT2D eigenvalue weighted by atomic mass is 10.1. The van der Waals surface area contributed by atoms with Crippen LogP contribution in [0, 0.1) is 0 Å². The van der Waals surface area contributed by atoms with E-state index < -0.39 is 18.2 Å². The van der Waals surface area contributed by atoms with Crippen LogP contribution < -0.4 is 9.47 Å². The number of nitrogens with zero attached hydrogens (tertiary/aromatic N) is 1. The second-order valence-electron chi connectivity index (χ2n) is 5.73. The van der Waals surface area contributed by atoms with Gasteiger partial charge in [-0.2, -0.15) is 0 Å². The number of rotatable bonds is 3. The van der Waals surface area contributed by atoms with Crippen LogP contribution >= 0.6 is 0 Å². The molecular weight excluding hydrogens is 286 g/mol. The molecule has 1 saturated heterocycles. The summed E-state index contributed by atoms with van der Waals surface area (Å²) >= 11 is 0. The average molecular weight is 305 g/mol. The molecule has 6 heteroatoms. The van der Waals surface area contributed by atoms with E-state index in [1.807, 2.05) is 12.1 Å². The van der Waals surface area contributed by atoms with Gasteiger partial charge in [-0.05, 0) is 31.9 Å². The number of carbonyl (C=O) groups is 2. The Labute approximate surface area is 128 Å². The summed E-state index contributed by atoms with van der Waals surface area (Å²) in [7, 11) is 0. The molecule has 6 nitrogen and oxygen atoms in total. The Morgan fingerprint density at radius 1 is 1.27 bits per heavy atom. The topological polar surface area (TPSA) is 76.1 Å². The van der Waals surface area contributed by atoms with E-state index in [1.165, 1.54) is 0 Å². The van der Waals surface area contributed by atoms with Crippen molar-refractivity contribution in [2.45, 2.75) is 44.4 Å². The molecule has 2 aliphatic rings. The molecule has 0 spiro atoms. The number of carboxylic acid groups (broad SMARTS) is 1. The van der Waals surface area contributed by atoms with Gasteiger partial charge in [-0.3, -0.25) is 9.59 Å². The molecule has 0 saturated carbocycles. The Balaban J connectivity index is 1.76. The van der Waals surface area contributed by atoms with Gasteiger partial charge in [0.2, 0.25) is 6.10 Å².